The van der Waals surface area contributed by atoms with Crippen LogP contribution in [0.1, 0.15) is 29.9 Å². The standard InChI is InChI=1S/C23H22FN3O2/c1-15-3-2-4-18(13-15)26-22(28)23(29)27-11-8-16(9-12-27)19-7-10-25-21-6-5-17(24)14-20(19)21/h2-7,10,13-14,16H,8-9,11-12H2,1H3,(H,26,28). The molecule has 5 nitrogen and oxygen atoms in total. The molecule has 1 fully saturated rings. The van der Waals surface area contributed by atoms with Crippen LogP contribution < -0.4 is 5.32 Å². The average Bonchev–Trinajstić information content (AvgIpc) is 2.73. The van der Waals surface area contributed by atoms with Gasteiger partial charge in [0.15, 0.2) is 0 Å². The number of piperidine rings is 1. The molecule has 4 rings (SSSR count). The van der Waals surface area contributed by atoms with Crippen molar-refractivity contribution in [2.24, 2.45) is 0 Å². The molecule has 0 spiro atoms. The normalized spacial score (nSPS) is 14.8. The van der Waals surface area contributed by atoms with E-state index in [0.29, 0.717) is 18.8 Å². The maximum absolute atomic E-state index is 13.7. The summed E-state index contributed by atoms with van der Waals surface area (Å²) >= 11 is 0. The average molecular weight is 391 g/mol. The summed E-state index contributed by atoms with van der Waals surface area (Å²) in [7, 11) is 0. The second-order valence-electron chi connectivity index (χ2n) is 7.45. The molecule has 148 valence electrons. The molecule has 0 saturated carbocycles. The summed E-state index contributed by atoms with van der Waals surface area (Å²) in [5.41, 5.74) is 3.44. The fraction of sp³-hybridized carbons (Fsp3) is 0.261. The number of nitrogens with one attached hydrogen (secondary N) is 1. The Balaban J connectivity index is 1.42. The van der Waals surface area contributed by atoms with Gasteiger partial charge in [0, 0.05) is 30.4 Å². The van der Waals surface area contributed by atoms with Crippen LogP contribution in [0.15, 0.2) is 54.7 Å². The Labute approximate surface area is 168 Å². The number of pyridine rings is 1. The molecule has 1 saturated heterocycles. The van der Waals surface area contributed by atoms with E-state index in [0.717, 1.165) is 34.9 Å². The Morgan fingerprint density at radius 3 is 2.66 bits per heavy atom. The first-order chi connectivity index (χ1) is 14.0. The molecule has 0 unspecified atom stereocenters. The number of aryl methyl sites for hydroxylation is 1. The lowest BCUT2D eigenvalue weighted by Gasteiger charge is -2.32. The third-order valence-corrected chi connectivity index (χ3v) is 5.43. The first-order valence-electron chi connectivity index (χ1n) is 9.72. The highest BCUT2D eigenvalue weighted by Gasteiger charge is 2.28. The first kappa shape index (κ1) is 19.1. The molecule has 0 bridgehead atoms. The summed E-state index contributed by atoms with van der Waals surface area (Å²) < 4.78 is 13.7. The molecule has 0 atom stereocenters. The van der Waals surface area contributed by atoms with Crippen molar-refractivity contribution in [3.63, 3.8) is 0 Å². The van der Waals surface area contributed by atoms with E-state index in [4.69, 9.17) is 0 Å². The van der Waals surface area contributed by atoms with E-state index in [1.807, 2.05) is 31.2 Å². The number of benzene rings is 2. The van der Waals surface area contributed by atoms with Crippen molar-refractivity contribution in [1.82, 2.24) is 9.88 Å². The second kappa shape index (κ2) is 7.99. The van der Waals surface area contributed by atoms with Gasteiger partial charge in [-0.3, -0.25) is 14.6 Å². The third-order valence-electron chi connectivity index (χ3n) is 5.43. The van der Waals surface area contributed by atoms with E-state index >= 15 is 0 Å². The van der Waals surface area contributed by atoms with Crippen molar-refractivity contribution in [2.75, 3.05) is 18.4 Å². The quantitative estimate of drug-likeness (QED) is 0.671. The first-order valence-corrected chi connectivity index (χ1v) is 9.72. The number of amides is 2. The SMILES string of the molecule is Cc1cccc(NC(=O)C(=O)N2CCC(c3ccnc4ccc(F)cc34)CC2)c1. The van der Waals surface area contributed by atoms with Gasteiger partial charge in [-0.1, -0.05) is 12.1 Å². The Hall–Kier alpha value is -3.28. The van der Waals surface area contributed by atoms with Crippen molar-refractivity contribution >= 4 is 28.4 Å². The number of fused-ring (bicyclic) bond motifs is 1. The lowest BCUT2D eigenvalue weighted by atomic mass is 9.87. The van der Waals surface area contributed by atoms with Crippen LogP contribution in [0.25, 0.3) is 10.9 Å². The van der Waals surface area contributed by atoms with E-state index in [1.54, 1.807) is 23.2 Å². The number of aromatic nitrogens is 1. The minimum atomic E-state index is -0.620. The van der Waals surface area contributed by atoms with Gasteiger partial charge in [-0.2, -0.15) is 0 Å². The number of carbonyl (C=O) groups is 2. The van der Waals surface area contributed by atoms with Gasteiger partial charge in [0.2, 0.25) is 0 Å². The molecule has 29 heavy (non-hydrogen) atoms. The molecular weight excluding hydrogens is 369 g/mol. The van der Waals surface area contributed by atoms with E-state index < -0.39 is 11.8 Å². The highest BCUT2D eigenvalue weighted by Crippen LogP contribution is 2.32. The van der Waals surface area contributed by atoms with E-state index in [-0.39, 0.29) is 11.7 Å². The lowest BCUT2D eigenvalue weighted by Crippen LogP contribution is -2.43. The maximum Gasteiger partial charge on any atom is 0.313 e. The zero-order chi connectivity index (χ0) is 20.4. The second-order valence-corrected chi connectivity index (χ2v) is 7.45. The van der Waals surface area contributed by atoms with Crippen LogP contribution in [-0.2, 0) is 9.59 Å². The Kier molecular flexibility index (Phi) is 5.25. The number of hydrogen-bond acceptors (Lipinski definition) is 3. The van der Waals surface area contributed by atoms with Gasteiger partial charge in [0.05, 0.1) is 5.52 Å². The number of carbonyl (C=O) groups excluding carboxylic acids is 2. The van der Waals surface area contributed by atoms with Gasteiger partial charge in [0.25, 0.3) is 0 Å². The van der Waals surface area contributed by atoms with E-state index in [1.165, 1.54) is 12.1 Å². The van der Waals surface area contributed by atoms with Gasteiger partial charge >= 0.3 is 11.8 Å². The summed E-state index contributed by atoms with van der Waals surface area (Å²) in [6, 6.07) is 13.9. The van der Waals surface area contributed by atoms with Crippen LogP contribution in [0.3, 0.4) is 0 Å². The van der Waals surface area contributed by atoms with E-state index in [2.05, 4.69) is 10.3 Å². The predicted octanol–water partition coefficient (Wildman–Crippen LogP) is 4.03. The van der Waals surface area contributed by atoms with Gasteiger partial charge in [-0.15, -0.1) is 0 Å². The monoisotopic (exact) mass is 391 g/mol. The van der Waals surface area contributed by atoms with Crippen LogP contribution in [0.2, 0.25) is 0 Å². The Morgan fingerprint density at radius 2 is 1.90 bits per heavy atom. The van der Waals surface area contributed by atoms with Gasteiger partial charge in [-0.25, -0.2) is 4.39 Å². The van der Waals surface area contributed by atoms with Crippen LogP contribution in [-0.4, -0.2) is 34.8 Å². The lowest BCUT2D eigenvalue weighted by molar-refractivity contribution is -0.143. The summed E-state index contributed by atoms with van der Waals surface area (Å²) in [4.78, 5) is 30.8. The predicted molar refractivity (Wildman–Crippen MR) is 110 cm³/mol. The van der Waals surface area contributed by atoms with Crippen LogP contribution in [0.4, 0.5) is 10.1 Å². The van der Waals surface area contributed by atoms with Crippen molar-refractivity contribution in [3.8, 4) is 0 Å². The third kappa shape index (κ3) is 4.11. The summed E-state index contributed by atoms with van der Waals surface area (Å²) in [5, 5.41) is 3.49. The highest BCUT2D eigenvalue weighted by atomic mass is 19.1. The topological polar surface area (TPSA) is 62.3 Å². The van der Waals surface area contributed by atoms with Gasteiger partial charge in [0.1, 0.15) is 5.82 Å². The van der Waals surface area contributed by atoms with E-state index in [9.17, 15) is 14.0 Å². The molecule has 1 aliphatic heterocycles. The molecule has 2 heterocycles. The zero-order valence-corrected chi connectivity index (χ0v) is 16.2. The van der Waals surface area contributed by atoms with Crippen LogP contribution >= 0.6 is 0 Å². The molecule has 1 aliphatic rings. The molecule has 0 radical (unpaired) electrons. The number of rotatable bonds is 2. The number of hydrogen-bond donors (Lipinski definition) is 1. The fourth-order valence-electron chi connectivity index (χ4n) is 3.94. The Morgan fingerprint density at radius 1 is 1.10 bits per heavy atom. The highest BCUT2D eigenvalue weighted by molar-refractivity contribution is 6.39. The van der Waals surface area contributed by atoms with Crippen molar-refractivity contribution in [1.29, 1.82) is 0 Å². The zero-order valence-electron chi connectivity index (χ0n) is 16.2. The molecule has 3 aromatic rings. The number of nitrogens with zero attached hydrogens (tertiary/aromatic N) is 2. The molecule has 1 aromatic heterocycles. The van der Waals surface area contributed by atoms with Gasteiger partial charge < -0.3 is 10.2 Å². The minimum Gasteiger partial charge on any atom is -0.334 e. The van der Waals surface area contributed by atoms with Crippen LogP contribution in [0.5, 0.6) is 0 Å². The summed E-state index contributed by atoms with van der Waals surface area (Å²) in [6.45, 7) is 2.91. The summed E-state index contributed by atoms with van der Waals surface area (Å²) in [6.07, 6.45) is 3.18. The fourth-order valence-corrected chi connectivity index (χ4v) is 3.94. The number of likely N-dealkylation sites (tertiary alicyclic amines) is 1. The smallest absolute Gasteiger partial charge is 0.313 e. The number of anilines is 1. The molecule has 1 N–H and O–H groups in total. The number of halogens is 1. The van der Waals surface area contributed by atoms with Crippen molar-refractivity contribution < 1.29 is 14.0 Å². The molecule has 0 aliphatic carbocycles. The Bertz CT molecular complexity index is 1070. The van der Waals surface area contributed by atoms with Gasteiger partial charge in [-0.05, 0) is 73.2 Å². The minimum absolute atomic E-state index is 0.200. The molecule has 2 amide bonds. The maximum atomic E-state index is 13.7. The van der Waals surface area contributed by atoms with Crippen molar-refractivity contribution in [3.05, 3.63) is 71.7 Å². The van der Waals surface area contributed by atoms with Crippen molar-refractivity contribution in [2.45, 2.75) is 25.7 Å². The van der Waals surface area contributed by atoms with Crippen LogP contribution in [0, 0.1) is 12.7 Å². The molecular formula is C23H22FN3O2. The molecule has 6 heteroatoms. The molecule has 2 aromatic carbocycles. The largest absolute Gasteiger partial charge is 0.334 e. The summed E-state index contributed by atoms with van der Waals surface area (Å²) in [5.74, 6) is -1.22.